The summed E-state index contributed by atoms with van der Waals surface area (Å²) in [6.45, 7) is 3.67. The average Bonchev–Trinajstić information content (AvgIpc) is 3.60. The van der Waals surface area contributed by atoms with E-state index in [0.717, 1.165) is 16.8 Å². The van der Waals surface area contributed by atoms with E-state index < -0.39 is 0 Å². The number of aryl methyl sites for hydroxylation is 4. The van der Waals surface area contributed by atoms with E-state index >= 15 is 0 Å². The van der Waals surface area contributed by atoms with Crippen LogP contribution in [0.2, 0.25) is 0 Å². The molecular weight excluding hydrogens is 708 g/mol. The number of benzene rings is 4. The molecule has 0 atom stereocenters. The van der Waals surface area contributed by atoms with Crippen LogP contribution >= 0.6 is 11.6 Å². The number of hydrazone groups is 2. The Kier molecular flexibility index (Phi) is 11.6. The molecule has 54 heavy (non-hydrogen) atoms. The maximum absolute atomic E-state index is 13.0. The van der Waals surface area contributed by atoms with Crippen LogP contribution in [0.4, 0.5) is 11.4 Å². The first kappa shape index (κ1) is 37.2. The van der Waals surface area contributed by atoms with Crippen LogP contribution in [0.15, 0.2) is 149 Å². The Bertz CT molecular complexity index is 2430. The normalized spacial score (nSPS) is 12.0. The fourth-order valence-electron chi connectivity index (χ4n) is 5.85. The summed E-state index contributed by atoms with van der Waals surface area (Å²) in [5.74, 6) is 1.10. The molecule has 0 saturated carbocycles. The second kappa shape index (κ2) is 16.9. The lowest BCUT2D eigenvalue weighted by molar-refractivity contribution is 0.283. The molecule has 0 N–H and O–H groups in total. The standard InChI is InChI=1S/C41H39ClN6O6/c1-28-37(40(49)46(4)53-28)34-22-14-12-16-30(34)25-51-27-43-48(33-20-10-7-11-21-33)24-36(42)39(44-45(3)32-18-8-6-9-19-32)52-26-31-17-13-15-23-35(31)38-29(2)54-47(5)41(38)50/h6-24,27H,25-26H2,1-5H3/b36-24+,43-27+,44-39+. The minimum atomic E-state index is -0.251. The SMILES string of the molecule is Cc1on(C)c(=O)c1-c1ccccc1CO/C=N/N(/C=C(Cl)\C(=N/N(C)c1ccccc1)OCc1ccccc1-c1c(C)on(C)c1=O)c1ccccc1. The van der Waals surface area contributed by atoms with Gasteiger partial charge in [-0.3, -0.25) is 14.6 Å². The van der Waals surface area contributed by atoms with Gasteiger partial charge >= 0.3 is 0 Å². The Morgan fingerprint density at radius 3 is 1.72 bits per heavy atom. The number of nitrogens with zero attached hydrogens (tertiary/aromatic N) is 6. The molecular formula is C41H39ClN6O6. The highest BCUT2D eigenvalue weighted by Gasteiger charge is 2.20. The average molecular weight is 747 g/mol. The van der Waals surface area contributed by atoms with Gasteiger partial charge < -0.3 is 18.5 Å². The lowest BCUT2D eigenvalue weighted by Gasteiger charge is -2.19. The van der Waals surface area contributed by atoms with Crippen molar-refractivity contribution in [2.75, 3.05) is 17.1 Å². The summed E-state index contributed by atoms with van der Waals surface area (Å²) >= 11 is 7.04. The van der Waals surface area contributed by atoms with Gasteiger partial charge in [0.15, 0.2) is 6.40 Å². The molecule has 12 nitrogen and oxygen atoms in total. The number of halogens is 1. The molecule has 0 saturated heterocycles. The van der Waals surface area contributed by atoms with Gasteiger partial charge in [-0.25, -0.2) is 5.01 Å². The summed E-state index contributed by atoms with van der Waals surface area (Å²) in [6, 6.07) is 33.8. The molecule has 2 aromatic heterocycles. The molecule has 0 aliphatic rings. The number of hydrogen-bond acceptors (Lipinski definition) is 10. The van der Waals surface area contributed by atoms with Gasteiger partial charge in [0.25, 0.3) is 17.0 Å². The largest absolute Gasteiger partial charge is 0.477 e. The molecule has 276 valence electrons. The third-order valence-corrected chi connectivity index (χ3v) is 8.76. The van der Waals surface area contributed by atoms with E-state index in [4.69, 9.17) is 35.2 Å². The second-order valence-electron chi connectivity index (χ2n) is 12.2. The number of ether oxygens (including phenoxy) is 2. The van der Waals surface area contributed by atoms with E-state index in [1.54, 1.807) is 46.2 Å². The third-order valence-electron chi connectivity index (χ3n) is 8.51. The zero-order valence-corrected chi connectivity index (χ0v) is 31.2. The van der Waals surface area contributed by atoms with Gasteiger partial charge in [0.05, 0.1) is 28.7 Å². The maximum atomic E-state index is 13.0. The van der Waals surface area contributed by atoms with Crippen molar-refractivity contribution in [3.05, 3.63) is 164 Å². The monoisotopic (exact) mass is 746 g/mol. The minimum absolute atomic E-state index is 0.0336. The second-order valence-corrected chi connectivity index (χ2v) is 12.6. The van der Waals surface area contributed by atoms with Crippen LogP contribution in [-0.4, -0.2) is 28.8 Å². The highest BCUT2D eigenvalue weighted by atomic mass is 35.5. The molecule has 2 heterocycles. The molecule has 0 fully saturated rings. The van der Waals surface area contributed by atoms with E-state index in [0.29, 0.717) is 39.5 Å². The summed E-state index contributed by atoms with van der Waals surface area (Å²) in [6.07, 6.45) is 2.88. The van der Waals surface area contributed by atoms with Crippen LogP contribution in [0.3, 0.4) is 0 Å². The van der Waals surface area contributed by atoms with Crippen LogP contribution in [0.5, 0.6) is 0 Å². The van der Waals surface area contributed by atoms with Crippen molar-refractivity contribution in [3.8, 4) is 22.3 Å². The van der Waals surface area contributed by atoms with Crippen molar-refractivity contribution < 1.29 is 18.5 Å². The molecule has 0 spiro atoms. The van der Waals surface area contributed by atoms with Gasteiger partial charge in [-0.2, -0.15) is 9.48 Å². The van der Waals surface area contributed by atoms with Crippen molar-refractivity contribution in [2.45, 2.75) is 27.1 Å². The Hall–Kier alpha value is -6.53. The zero-order chi connectivity index (χ0) is 38.2. The van der Waals surface area contributed by atoms with Crippen LogP contribution < -0.4 is 21.1 Å². The topological polar surface area (TPSA) is 120 Å². The van der Waals surface area contributed by atoms with Gasteiger partial charge in [-0.1, -0.05) is 96.5 Å². The maximum Gasteiger partial charge on any atom is 0.290 e. The van der Waals surface area contributed by atoms with E-state index in [2.05, 4.69) is 5.10 Å². The quantitative estimate of drug-likeness (QED) is 0.0664. The van der Waals surface area contributed by atoms with E-state index in [1.807, 2.05) is 109 Å². The fraction of sp³-hybridized carbons (Fsp3) is 0.171. The summed E-state index contributed by atoms with van der Waals surface area (Å²) in [4.78, 5) is 25.8. The van der Waals surface area contributed by atoms with Crippen molar-refractivity contribution in [1.82, 2.24) is 9.48 Å². The molecule has 6 rings (SSSR count). The lowest BCUT2D eigenvalue weighted by atomic mass is 10.0. The first-order valence-electron chi connectivity index (χ1n) is 17.0. The molecule has 0 aliphatic heterocycles. The minimum Gasteiger partial charge on any atom is -0.477 e. The Morgan fingerprint density at radius 2 is 1.20 bits per heavy atom. The van der Waals surface area contributed by atoms with Gasteiger partial charge in [0.2, 0.25) is 0 Å². The molecule has 0 bridgehead atoms. The number of aromatic nitrogens is 2. The van der Waals surface area contributed by atoms with Crippen molar-refractivity contribution in [1.29, 1.82) is 0 Å². The summed E-state index contributed by atoms with van der Waals surface area (Å²) in [5.41, 5.74) is 4.83. The van der Waals surface area contributed by atoms with Crippen molar-refractivity contribution in [3.63, 3.8) is 0 Å². The molecule has 4 aromatic carbocycles. The van der Waals surface area contributed by atoms with Crippen molar-refractivity contribution >= 4 is 35.3 Å². The van der Waals surface area contributed by atoms with Crippen LogP contribution in [0.1, 0.15) is 22.6 Å². The van der Waals surface area contributed by atoms with Gasteiger partial charge in [0, 0.05) is 21.1 Å². The lowest BCUT2D eigenvalue weighted by Crippen LogP contribution is -2.18. The molecule has 0 radical (unpaired) electrons. The smallest absolute Gasteiger partial charge is 0.290 e. The first-order valence-corrected chi connectivity index (χ1v) is 17.4. The van der Waals surface area contributed by atoms with Gasteiger partial charge in [-0.15, -0.1) is 10.2 Å². The number of rotatable bonds is 13. The van der Waals surface area contributed by atoms with Crippen LogP contribution in [-0.2, 0) is 36.8 Å². The van der Waals surface area contributed by atoms with Crippen LogP contribution in [0.25, 0.3) is 22.3 Å². The predicted molar refractivity (Wildman–Crippen MR) is 211 cm³/mol. The Labute approximate surface area is 316 Å². The molecule has 0 unspecified atom stereocenters. The number of para-hydroxylation sites is 2. The summed E-state index contributed by atoms with van der Waals surface area (Å²) < 4.78 is 25.8. The van der Waals surface area contributed by atoms with Crippen LogP contribution in [0, 0.1) is 13.8 Å². The van der Waals surface area contributed by atoms with E-state index in [-0.39, 0.29) is 35.3 Å². The number of hydrogen-bond donors (Lipinski definition) is 0. The van der Waals surface area contributed by atoms with E-state index in [1.165, 1.54) is 20.9 Å². The third kappa shape index (κ3) is 8.40. The zero-order valence-electron chi connectivity index (χ0n) is 30.5. The molecule has 0 amide bonds. The van der Waals surface area contributed by atoms with Crippen molar-refractivity contribution in [2.24, 2.45) is 24.3 Å². The summed E-state index contributed by atoms with van der Waals surface area (Å²) in [7, 11) is 4.94. The Balaban J connectivity index is 1.30. The fourth-order valence-corrected chi connectivity index (χ4v) is 6.03. The first-order chi connectivity index (χ1) is 26.1. The number of anilines is 2. The predicted octanol–water partition coefficient (Wildman–Crippen LogP) is 7.93. The van der Waals surface area contributed by atoms with E-state index in [9.17, 15) is 9.59 Å². The highest BCUT2D eigenvalue weighted by molar-refractivity contribution is 6.42. The molecule has 0 aliphatic carbocycles. The van der Waals surface area contributed by atoms with Gasteiger partial charge in [0.1, 0.15) is 29.8 Å². The molecule has 6 aromatic rings. The summed E-state index contributed by atoms with van der Waals surface area (Å²) in [5, 5.41) is 12.6. The highest BCUT2D eigenvalue weighted by Crippen LogP contribution is 2.27. The van der Waals surface area contributed by atoms with Gasteiger partial charge in [-0.05, 0) is 60.4 Å². The molecule has 13 heteroatoms. The Morgan fingerprint density at radius 1 is 0.722 bits per heavy atom.